The Kier molecular flexibility index (Phi) is 5.90. The molecule has 0 radical (unpaired) electrons. The molecule has 0 bridgehead atoms. The summed E-state index contributed by atoms with van der Waals surface area (Å²) in [4.78, 5) is 22.4. The Hall–Kier alpha value is -1.26. The van der Waals surface area contributed by atoms with Crippen molar-refractivity contribution in [1.82, 2.24) is 14.8 Å². The van der Waals surface area contributed by atoms with Gasteiger partial charge in [0.15, 0.2) is 5.78 Å². The number of aromatic nitrogens is 1. The van der Waals surface area contributed by atoms with E-state index in [0.717, 1.165) is 57.4 Å². The van der Waals surface area contributed by atoms with Crippen molar-refractivity contribution in [2.45, 2.75) is 64.5 Å². The number of carbonyl (C=O) groups is 1. The summed E-state index contributed by atoms with van der Waals surface area (Å²) in [5.74, 6) is 0.453. The third-order valence-corrected chi connectivity index (χ3v) is 6.31. The normalized spacial score (nSPS) is 24.7. The van der Waals surface area contributed by atoms with Crippen LogP contribution in [0.25, 0.3) is 0 Å². The van der Waals surface area contributed by atoms with Crippen molar-refractivity contribution in [2.75, 3.05) is 26.7 Å². The van der Waals surface area contributed by atoms with Gasteiger partial charge >= 0.3 is 0 Å². The van der Waals surface area contributed by atoms with Gasteiger partial charge < -0.3 is 4.90 Å². The first kappa shape index (κ1) is 18.5. The van der Waals surface area contributed by atoms with Crippen LogP contribution in [-0.2, 0) is 11.2 Å². The second-order valence-corrected chi connectivity index (χ2v) is 8.41. The molecular weight excluding hydrogens is 310 g/mol. The van der Waals surface area contributed by atoms with Crippen molar-refractivity contribution in [3.63, 3.8) is 0 Å². The molecule has 25 heavy (non-hydrogen) atoms. The summed E-state index contributed by atoms with van der Waals surface area (Å²) >= 11 is 0. The number of Topliss-reactive ketones (excluding diaryl/α,β-unsaturated/α-hetero) is 1. The molecule has 138 valence electrons. The van der Waals surface area contributed by atoms with Gasteiger partial charge in [-0.25, -0.2) is 0 Å². The van der Waals surface area contributed by atoms with Crippen molar-refractivity contribution in [3.05, 3.63) is 30.1 Å². The van der Waals surface area contributed by atoms with Crippen LogP contribution in [0.1, 0.15) is 51.6 Å². The van der Waals surface area contributed by atoms with E-state index in [0.29, 0.717) is 18.2 Å². The predicted molar refractivity (Wildman–Crippen MR) is 102 cm³/mol. The molecule has 2 saturated heterocycles. The Bertz CT molecular complexity index is 564. The fourth-order valence-corrected chi connectivity index (χ4v) is 4.62. The van der Waals surface area contributed by atoms with E-state index in [4.69, 9.17) is 0 Å². The van der Waals surface area contributed by atoms with Crippen molar-refractivity contribution in [2.24, 2.45) is 5.41 Å². The number of likely N-dealkylation sites (tertiary alicyclic amines) is 2. The van der Waals surface area contributed by atoms with Crippen molar-refractivity contribution in [1.29, 1.82) is 0 Å². The zero-order valence-corrected chi connectivity index (χ0v) is 16.1. The number of likely N-dealkylation sites (N-methyl/N-ethyl adjacent to an activating group) is 1. The third-order valence-electron chi connectivity index (χ3n) is 6.31. The van der Waals surface area contributed by atoms with Crippen LogP contribution < -0.4 is 0 Å². The van der Waals surface area contributed by atoms with E-state index >= 15 is 0 Å². The predicted octanol–water partition coefficient (Wildman–Crippen LogP) is 3.17. The maximum Gasteiger partial charge on any atom is 0.150 e. The molecule has 2 aliphatic rings. The largest absolute Gasteiger partial charge is 0.301 e. The Balaban J connectivity index is 1.74. The van der Waals surface area contributed by atoms with E-state index in [1.165, 1.54) is 0 Å². The van der Waals surface area contributed by atoms with Gasteiger partial charge in [-0.3, -0.25) is 14.7 Å². The number of hydrogen-bond acceptors (Lipinski definition) is 4. The van der Waals surface area contributed by atoms with Gasteiger partial charge in [0.2, 0.25) is 0 Å². The quantitative estimate of drug-likeness (QED) is 0.795. The molecule has 1 atom stereocenters. The van der Waals surface area contributed by atoms with E-state index in [-0.39, 0.29) is 11.5 Å². The molecule has 0 spiro atoms. The van der Waals surface area contributed by atoms with Crippen LogP contribution in [0, 0.1) is 5.41 Å². The molecule has 0 aromatic carbocycles. The van der Waals surface area contributed by atoms with Gasteiger partial charge in [-0.1, -0.05) is 6.07 Å². The fourth-order valence-electron chi connectivity index (χ4n) is 4.62. The van der Waals surface area contributed by atoms with Crippen LogP contribution in [0.15, 0.2) is 24.4 Å². The number of nitrogens with zero attached hydrogens (tertiary/aromatic N) is 3. The number of piperidine rings is 1. The van der Waals surface area contributed by atoms with Gasteiger partial charge in [0, 0.05) is 24.4 Å². The Labute approximate surface area is 152 Å². The summed E-state index contributed by atoms with van der Waals surface area (Å²) in [6.07, 6.45) is 7.91. The molecule has 1 aromatic rings. The Morgan fingerprint density at radius 1 is 1.28 bits per heavy atom. The van der Waals surface area contributed by atoms with Crippen LogP contribution in [-0.4, -0.2) is 59.3 Å². The molecule has 0 amide bonds. The topological polar surface area (TPSA) is 36.4 Å². The lowest BCUT2D eigenvalue weighted by Gasteiger charge is -2.43. The number of pyridine rings is 1. The number of carbonyl (C=O) groups excluding carboxylic acids is 1. The molecule has 0 aliphatic carbocycles. The van der Waals surface area contributed by atoms with Gasteiger partial charge in [-0.2, -0.15) is 0 Å². The van der Waals surface area contributed by atoms with Crippen LogP contribution in [0.5, 0.6) is 0 Å². The summed E-state index contributed by atoms with van der Waals surface area (Å²) in [5.41, 5.74) is 1.22. The second kappa shape index (κ2) is 7.96. The molecule has 3 heterocycles. The molecule has 0 saturated carbocycles. The smallest absolute Gasteiger partial charge is 0.150 e. The number of hydrogen-bond donors (Lipinski definition) is 0. The minimum Gasteiger partial charge on any atom is -0.301 e. The van der Waals surface area contributed by atoms with Gasteiger partial charge in [-0.15, -0.1) is 0 Å². The van der Waals surface area contributed by atoms with Gasteiger partial charge in [0.1, 0.15) is 0 Å². The summed E-state index contributed by atoms with van der Waals surface area (Å²) in [5, 5.41) is 0. The SMILES string of the molecule is CC(C)N1CCC(CC(=O)C2CCCN2C)(Cc2ccccn2)CC1. The highest BCUT2D eigenvalue weighted by Gasteiger charge is 2.40. The van der Waals surface area contributed by atoms with Crippen LogP contribution in [0.3, 0.4) is 0 Å². The summed E-state index contributed by atoms with van der Waals surface area (Å²) in [7, 11) is 2.10. The molecule has 1 unspecified atom stereocenters. The lowest BCUT2D eigenvalue weighted by atomic mass is 9.70. The molecule has 4 heteroatoms. The molecule has 2 aliphatic heterocycles. The fraction of sp³-hybridized carbons (Fsp3) is 0.714. The summed E-state index contributed by atoms with van der Waals surface area (Å²) in [6.45, 7) is 7.79. The monoisotopic (exact) mass is 343 g/mol. The molecule has 3 rings (SSSR count). The van der Waals surface area contributed by atoms with E-state index in [2.05, 4.69) is 47.8 Å². The first-order valence-electron chi connectivity index (χ1n) is 9.86. The molecular formula is C21H33N3O. The average Bonchev–Trinajstić information content (AvgIpc) is 3.02. The molecule has 4 nitrogen and oxygen atoms in total. The first-order valence-corrected chi connectivity index (χ1v) is 9.86. The van der Waals surface area contributed by atoms with E-state index < -0.39 is 0 Å². The maximum absolute atomic E-state index is 13.1. The Morgan fingerprint density at radius 2 is 2.04 bits per heavy atom. The highest BCUT2D eigenvalue weighted by Crippen LogP contribution is 2.40. The number of ketones is 1. The minimum absolute atomic E-state index is 0.0836. The third kappa shape index (κ3) is 4.48. The molecule has 2 fully saturated rings. The Morgan fingerprint density at radius 3 is 2.60 bits per heavy atom. The molecule has 1 aromatic heterocycles. The van der Waals surface area contributed by atoms with E-state index in [1.54, 1.807) is 0 Å². The average molecular weight is 344 g/mol. The number of rotatable bonds is 6. The highest BCUT2D eigenvalue weighted by atomic mass is 16.1. The standard InChI is InChI=1S/C21H33N3O/c1-17(2)24-13-9-21(10-14-24,15-18-7-4-5-11-22-18)16-20(25)19-8-6-12-23(19)3/h4-5,7,11,17,19H,6,8-10,12-16H2,1-3H3. The van der Waals surface area contributed by atoms with Gasteiger partial charge in [0.25, 0.3) is 0 Å². The van der Waals surface area contributed by atoms with Crippen molar-refractivity contribution in [3.8, 4) is 0 Å². The van der Waals surface area contributed by atoms with Crippen molar-refractivity contribution < 1.29 is 4.79 Å². The zero-order chi connectivity index (χ0) is 17.9. The maximum atomic E-state index is 13.1. The van der Waals surface area contributed by atoms with Crippen molar-refractivity contribution >= 4 is 5.78 Å². The lowest BCUT2D eigenvalue weighted by molar-refractivity contribution is -0.126. The van der Waals surface area contributed by atoms with Gasteiger partial charge in [0.05, 0.1) is 6.04 Å². The lowest BCUT2D eigenvalue weighted by Crippen LogP contribution is -2.46. The van der Waals surface area contributed by atoms with Crippen LogP contribution in [0.4, 0.5) is 0 Å². The van der Waals surface area contributed by atoms with Crippen LogP contribution >= 0.6 is 0 Å². The first-order chi connectivity index (χ1) is 12.0. The van der Waals surface area contributed by atoms with E-state index in [1.807, 2.05) is 12.3 Å². The van der Waals surface area contributed by atoms with Crippen LogP contribution in [0.2, 0.25) is 0 Å². The summed E-state index contributed by atoms with van der Waals surface area (Å²) < 4.78 is 0. The highest BCUT2D eigenvalue weighted by molar-refractivity contribution is 5.85. The van der Waals surface area contributed by atoms with Gasteiger partial charge in [-0.05, 0) is 90.2 Å². The summed E-state index contributed by atoms with van der Waals surface area (Å²) in [6, 6.07) is 6.87. The minimum atomic E-state index is 0.0836. The van der Waals surface area contributed by atoms with E-state index in [9.17, 15) is 4.79 Å². The zero-order valence-electron chi connectivity index (χ0n) is 16.1. The second-order valence-electron chi connectivity index (χ2n) is 8.41. The molecule has 0 N–H and O–H groups in total.